The minimum atomic E-state index is -0.0741. The van der Waals surface area contributed by atoms with Crippen molar-refractivity contribution in [3.8, 4) is 0 Å². The molecule has 0 aromatic carbocycles. The second-order valence-electron chi connectivity index (χ2n) is 6.39. The fraction of sp³-hybridized carbons (Fsp3) is 0.857. The summed E-state index contributed by atoms with van der Waals surface area (Å²) in [5.41, 5.74) is -0.0741. The van der Waals surface area contributed by atoms with Gasteiger partial charge in [0.05, 0.1) is 6.54 Å². The van der Waals surface area contributed by atoms with Gasteiger partial charge in [-0.3, -0.25) is 4.90 Å². The Hall–Kier alpha value is -0.940. The lowest BCUT2D eigenvalue weighted by Crippen LogP contribution is -2.37. The predicted molar refractivity (Wildman–Crippen MR) is 75.0 cm³/mol. The Balaban J connectivity index is 1.92. The first-order valence-corrected chi connectivity index (χ1v) is 7.28. The molecule has 1 aromatic rings. The third kappa shape index (κ3) is 4.01. The molecule has 0 saturated carbocycles. The van der Waals surface area contributed by atoms with E-state index in [1.54, 1.807) is 0 Å². The molecule has 1 aliphatic rings. The highest BCUT2D eigenvalue weighted by Gasteiger charge is 2.23. The first kappa shape index (κ1) is 14.5. The summed E-state index contributed by atoms with van der Waals surface area (Å²) < 4.78 is 5.34. The van der Waals surface area contributed by atoms with Crippen molar-refractivity contribution in [2.75, 3.05) is 19.6 Å². The molecule has 1 fully saturated rings. The molecule has 1 atom stereocenters. The van der Waals surface area contributed by atoms with Crippen LogP contribution in [0.5, 0.6) is 0 Å². The van der Waals surface area contributed by atoms with Gasteiger partial charge in [-0.15, -0.1) is 0 Å². The average Bonchev–Trinajstić information content (AvgIpc) is 2.98. The van der Waals surface area contributed by atoms with Crippen molar-refractivity contribution in [2.24, 2.45) is 0 Å². The molecule has 1 unspecified atom stereocenters. The van der Waals surface area contributed by atoms with Gasteiger partial charge in [0.1, 0.15) is 0 Å². The lowest BCUT2D eigenvalue weighted by molar-refractivity contribution is 0.242. The second kappa shape index (κ2) is 6.01. The molecular weight excluding hydrogens is 240 g/mol. The number of hydrogen-bond donors (Lipinski definition) is 1. The van der Waals surface area contributed by atoms with Crippen LogP contribution in [0.2, 0.25) is 0 Å². The Morgan fingerprint density at radius 3 is 2.74 bits per heavy atom. The Morgan fingerprint density at radius 2 is 2.21 bits per heavy atom. The van der Waals surface area contributed by atoms with Gasteiger partial charge < -0.3 is 9.84 Å². The lowest BCUT2D eigenvalue weighted by atomic mass is 9.97. The quantitative estimate of drug-likeness (QED) is 0.882. The first-order valence-electron chi connectivity index (χ1n) is 7.28. The summed E-state index contributed by atoms with van der Waals surface area (Å²) in [7, 11) is 0. The van der Waals surface area contributed by atoms with E-state index in [1.807, 2.05) is 0 Å². The van der Waals surface area contributed by atoms with Crippen molar-refractivity contribution in [3.05, 3.63) is 11.7 Å². The van der Waals surface area contributed by atoms with Crippen molar-refractivity contribution >= 4 is 0 Å². The normalized spacial score (nSPS) is 20.4. The molecule has 5 heteroatoms. The van der Waals surface area contributed by atoms with Gasteiger partial charge in [-0.1, -0.05) is 32.9 Å². The maximum Gasteiger partial charge on any atom is 0.232 e. The fourth-order valence-electron chi connectivity index (χ4n) is 2.35. The minimum Gasteiger partial charge on any atom is -0.339 e. The summed E-state index contributed by atoms with van der Waals surface area (Å²) >= 11 is 0. The first-order chi connectivity index (χ1) is 8.99. The molecule has 19 heavy (non-hydrogen) atoms. The Kier molecular flexibility index (Phi) is 4.58. The molecule has 0 bridgehead atoms. The molecule has 1 aromatic heterocycles. The predicted octanol–water partition coefficient (Wildman–Crippen LogP) is 1.94. The van der Waals surface area contributed by atoms with Gasteiger partial charge in [0.2, 0.25) is 5.89 Å². The van der Waals surface area contributed by atoms with Gasteiger partial charge in [0.25, 0.3) is 0 Å². The summed E-state index contributed by atoms with van der Waals surface area (Å²) in [6, 6.07) is 0.619. The highest BCUT2D eigenvalue weighted by molar-refractivity contribution is 4.98. The van der Waals surface area contributed by atoms with E-state index in [0.29, 0.717) is 6.04 Å². The van der Waals surface area contributed by atoms with Crippen LogP contribution in [0.3, 0.4) is 0 Å². The monoisotopic (exact) mass is 266 g/mol. The topological polar surface area (TPSA) is 54.2 Å². The average molecular weight is 266 g/mol. The van der Waals surface area contributed by atoms with E-state index in [4.69, 9.17) is 4.52 Å². The number of likely N-dealkylation sites (N-methyl/N-ethyl adjacent to an activating group) is 1. The van der Waals surface area contributed by atoms with Crippen LogP contribution in [0.15, 0.2) is 4.52 Å². The van der Waals surface area contributed by atoms with Crippen molar-refractivity contribution in [1.82, 2.24) is 20.4 Å². The summed E-state index contributed by atoms with van der Waals surface area (Å²) in [6.45, 7) is 12.4. The number of nitrogens with one attached hydrogen (secondary N) is 1. The maximum absolute atomic E-state index is 5.34. The van der Waals surface area contributed by atoms with Crippen LogP contribution in [0.4, 0.5) is 0 Å². The van der Waals surface area contributed by atoms with Gasteiger partial charge in [-0.2, -0.15) is 4.98 Å². The molecule has 108 valence electrons. The molecule has 0 amide bonds. The van der Waals surface area contributed by atoms with Crippen LogP contribution in [0.1, 0.15) is 52.3 Å². The molecule has 0 spiro atoms. The summed E-state index contributed by atoms with van der Waals surface area (Å²) in [5.74, 6) is 1.52. The van der Waals surface area contributed by atoms with Crippen molar-refractivity contribution in [1.29, 1.82) is 0 Å². The van der Waals surface area contributed by atoms with E-state index >= 15 is 0 Å². The van der Waals surface area contributed by atoms with Crippen molar-refractivity contribution < 1.29 is 4.52 Å². The standard InChI is InChI=1S/C14H26N4O/c1-5-18(9-11-7-6-8-15-11)10-12-16-13(19-17-12)14(2,3)4/h11,15H,5-10H2,1-4H3. The number of hydrogen-bond acceptors (Lipinski definition) is 5. The zero-order valence-electron chi connectivity index (χ0n) is 12.6. The molecule has 1 N–H and O–H groups in total. The Morgan fingerprint density at radius 1 is 1.42 bits per heavy atom. The van der Waals surface area contributed by atoms with Crippen LogP contribution in [0, 0.1) is 0 Å². The largest absolute Gasteiger partial charge is 0.339 e. The van der Waals surface area contributed by atoms with E-state index in [1.165, 1.54) is 12.8 Å². The molecule has 1 aliphatic heterocycles. The van der Waals surface area contributed by atoms with Gasteiger partial charge in [0.15, 0.2) is 5.82 Å². The molecule has 5 nitrogen and oxygen atoms in total. The molecule has 2 rings (SSSR count). The number of nitrogens with zero attached hydrogens (tertiary/aromatic N) is 3. The third-order valence-corrected chi connectivity index (χ3v) is 3.56. The number of aromatic nitrogens is 2. The zero-order valence-corrected chi connectivity index (χ0v) is 12.6. The van der Waals surface area contributed by atoms with E-state index < -0.39 is 0 Å². The van der Waals surface area contributed by atoms with Gasteiger partial charge in [-0.25, -0.2) is 0 Å². The lowest BCUT2D eigenvalue weighted by Gasteiger charge is -2.22. The molecule has 1 saturated heterocycles. The Bertz CT molecular complexity index is 390. The van der Waals surface area contributed by atoms with Gasteiger partial charge in [-0.05, 0) is 25.9 Å². The van der Waals surface area contributed by atoms with Crippen LogP contribution in [-0.2, 0) is 12.0 Å². The van der Waals surface area contributed by atoms with E-state index in [9.17, 15) is 0 Å². The summed E-state index contributed by atoms with van der Waals surface area (Å²) in [6.07, 6.45) is 2.56. The third-order valence-electron chi connectivity index (χ3n) is 3.56. The van der Waals surface area contributed by atoms with Crippen LogP contribution in [-0.4, -0.2) is 40.7 Å². The second-order valence-corrected chi connectivity index (χ2v) is 6.39. The highest BCUT2D eigenvalue weighted by atomic mass is 16.5. The maximum atomic E-state index is 5.34. The van der Waals surface area contributed by atoms with E-state index in [-0.39, 0.29) is 5.41 Å². The van der Waals surface area contributed by atoms with Gasteiger partial charge >= 0.3 is 0 Å². The van der Waals surface area contributed by atoms with Crippen LogP contribution < -0.4 is 5.32 Å². The van der Waals surface area contributed by atoms with Gasteiger partial charge in [0, 0.05) is 18.0 Å². The molecule has 0 radical (unpaired) electrons. The van der Waals surface area contributed by atoms with E-state index in [0.717, 1.165) is 37.9 Å². The SMILES string of the molecule is CCN(Cc1noc(C(C)(C)C)n1)CC1CCCN1. The van der Waals surface area contributed by atoms with Crippen molar-refractivity contribution in [2.45, 2.75) is 58.5 Å². The number of rotatable bonds is 5. The zero-order chi connectivity index (χ0) is 13.9. The van der Waals surface area contributed by atoms with Crippen LogP contribution >= 0.6 is 0 Å². The highest BCUT2D eigenvalue weighted by Crippen LogP contribution is 2.20. The smallest absolute Gasteiger partial charge is 0.232 e. The van der Waals surface area contributed by atoms with Crippen molar-refractivity contribution in [3.63, 3.8) is 0 Å². The summed E-state index contributed by atoms with van der Waals surface area (Å²) in [4.78, 5) is 6.88. The fourth-order valence-corrected chi connectivity index (χ4v) is 2.35. The molecule has 0 aliphatic carbocycles. The van der Waals surface area contributed by atoms with Crippen LogP contribution in [0.25, 0.3) is 0 Å². The molecular formula is C14H26N4O. The summed E-state index contributed by atoms with van der Waals surface area (Å²) in [5, 5.41) is 7.63. The Labute approximate surface area is 115 Å². The van der Waals surface area contributed by atoms with E-state index in [2.05, 4.69) is 48.1 Å². The molecule has 2 heterocycles. The minimum absolute atomic E-state index is 0.0741.